The molecule has 0 saturated carbocycles. The number of hydrogen-bond donors (Lipinski definition) is 2. The first-order chi connectivity index (χ1) is 8.16. The Kier molecular flexibility index (Phi) is 4.12. The van der Waals surface area contributed by atoms with Crippen LogP contribution < -0.4 is 10.6 Å². The van der Waals surface area contributed by atoms with E-state index in [4.69, 9.17) is 0 Å². The third kappa shape index (κ3) is 3.26. The van der Waals surface area contributed by atoms with Crippen LogP contribution in [-0.2, 0) is 4.79 Å². The van der Waals surface area contributed by atoms with E-state index in [0.29, 0.717) is 16.7 Å². The minimum atomic E-state index is -0.331. The second kappa shape index (κ2) is 5.60. The van der Waals surface area contributed by atoms with Gasteiger partial charge in [-0.25, -0.2) is 4.39 Å². The fraction of sp³-hybridized carbons (Fsp3) is 0.417. The Balaban J connectivity index is 1.99. The predicted octanol–water partition coefficient (Wildman–Crippen LogP) is 2.53. The van der Waals surface area contributed by atoms with E-state index < -0.39 is 0 Å². The third-order valence-electron chi connectivity index (χ3n) is 2.85. The summed E-state index contributed by atoms with van der Waals surface area (Å²) in [5, 5.41) is 6.00. The number of carbonyl (C=O) groups excluding carboxylic acids is 1. The fourth-order valence-electron chi connectivity index (χ4n) is 1.89. The molecule has 1 fully saturated rings. The summed E-state index contributed by atoms with van der Waals surface area (Å²) in [6.45, 7) is 1.69. The Hall–Kier alpha value is -0.940. The minimum Gasteiger partial charge on any atom is -0.326 e. The Morgan fingerprint density at radius 1 is 1.53 bits per heavy atom. The Bertz CT molecular complexity index is 419. The van der Waals surface area contributed by atoms with Crippen molar-refractivity contribution in [3.63, 3.8) is 0 Å². The number of rotatable bonds is 2. The molecule has 2 rings (SSSR count). The molecular weight excluding hydrogens is 287 g/mol. The standard InChI is InChI=1S/C12H14BrFN2O/c13-10-6-9(3-4-11(10)14)16-12(17)8-2-1-5-15-7-8/h3-4,6,8,15H,1-2,5,7H2,(H,16,17)/t8-/m1/s1. The first-order valence-corrected chi connectivity index (χ1v) is 6.43. The van der Waals surface area contributed by atoms with Crippen LogP contribution >= 0.6 is 15.9 Å². The van der Waals surface area contributed by atoms with E-state index in [9.17, 15) is 9.18 Å². The van der Waals surface area contributed by atoms with Crippen LogP contribution in [0.15, 0.2) is 22.7 Å². The summed E-state index contributed by atoms with van der Waals surface area (Å²) < 4.78 is 13.4. The lowest BCUT2D eigenvalue weighted by molar-refractivity contribution is -0.120. The maximum Gasteiger partial charge on any atom is 0.228 e. The molecule has 0 radical (unpaired) electrons. The summed E-state index contributed by atoms with van der Waals surface area (Å²) in [7, 11) is 0. The number of benzene rings is 1. The second-order valence-electron chi connectivity index (χ2n) is 4.16. The first kappa shape index (κ1) is 12.5. The number of halogens is 2. The predicted molar refractivity (Wildman–Crippen MR) is 68.3 cm³/mol. The highest BCUT2D eigenvalue weighted by Gasteiger charge is 2.20. The van der Waals surface area contributed by atoms with Gasteiger partial charge >= 0.3 is 0 Å². The van der Waals surface area contributed by atoms with Crippen LogP contribution in [0.4, 0.5) is 10.1 Å². The number of anilines is 1. The molecule has 5 heteroatoms. The number of piperidine rings is 1. The zero-order valence-electron chi connectivity index (χ0n) is 9.30. The van der Waals surface area contributed by atoms with Crippen LogP contribution in [0.25, 0.3) is 0 Å². The Labute approximate surface area is 108 Å². The molecule has 92 valence electrons. The molecule has 1 aromatic carbocycles. The summed E-state index contributed by atoms with van der Waals surface area (Å²) in [5.41, 5.74) is 0.619. The molecule has 0 aliphatic carbocycles. The van der Waals surface area contributed by atoms with Gasteiger partial charge in [-0.15, -0.1) is 0 Å². The van der Waals surface area contributed by atoms with Crippen molar-refractivity contribution in [3.05, 3.63) is 28.5 Å². The zero-order valence-corrected chi connectivity index (χ0v) is 10.9. The fourth-order valence-corrected chi connectivity index (χ4v) is 2.27. The molecule has 0 aromatic heterocycles. The summed E-state index contributed by atoms with van der Waals surface area (Å²) >= 11 is 3.09. The van der Waals surface area contributed by atoms with Crippen LogP contribution in [0.3, 0.4) is 0 Å². The van der Waals surface area contributed by atoms with Gasteiger partial charge < -0.3 is 10.6 Å². The topological polar surface area (TPSA) is 41.1 Å². The van der Waals surface area contributed by atoms with Crippen molar-refractivity contribution < 1.29 is 9.18 Å². The molecule has 0 spiro atoms. The molecule has 1 saturated heterocycles. The van der Waals surface area contributed by atoms with E-state index in [1.54, 1.807) is 12.1 Å². The molecule has 1 atom stereocenters. The van der Waals surface area contributed by atoms with Crippen LogP contribution in [0.1, 0.15) is 12.8 Å². The molecule has 17 heavy (non-hydrogen) atoms. The highest BCUT2D eigenvalue weighted by Crippen LogP contribution is 2.21. The average Bonchev–Trinajstić information content (AvgIpc) is 2.35. The van der Waals surface area contributed by atoms with Crippen LogP contribution in [0, 0.1) is 11.7 Å². The minimum absolute atomic E-state index is 0.00397. The molecular formula is C12H14BrFN2O. The van der Waals surface area contributed by atoms with E-state index >= 15 is 0 Å². The molecule has 0 bridgehead atoms. The van der Waals surface area contributed by atoms with Gasteiger partial charge in [0.05, 0.1) is 10.4 Å². The van der Waals surface area contributed by atoms with Gasteiger partial charge in [0.2, 0.25) is 5.91 Å². The van der Waals surface area contributed by atoms with Crippen LogP contribution in [-0.4, -0.2) is 19.0 Å². The lowest BCUT2D eigenvalue weighted by Gasteiger charge is -2.21. The van der Waals surface area contributed by atoms with E-state index in [1.165, 1.54) is 6.07 Å². The summed E-state index contributed by atoms with van der Waals surface area (Å²) in [6.07, 6.45) is 1.92. The number of nitrogens with one attached hydrogen (secondary N) is 2. The lowest BCUT2D eigenvalue weighted by Crippen LogP contribution is -2.37. The van der Waals surface area contributed by atoms with E-state index in [2.05, 4.69) is 26.6 Å². The average molecular weight is 301 g/mol. The summed E-state index contributed by atoms with van der Waals surface area (Å²) in [4.78, 5) is 11.9. The summed E-state index contributed by atoms with van der Waals surface area (Å²) in [6, 6.07) is 4.47. The third-order valence-corrected chi connectivity index (χ3v) is 3.46. The lowest BCUT2D eigenvalue weighted by atomic mass is 9.99. The van der Waals surface area contributed by atoms with Crippen molar-refractivity contribution in [2.75, 3.05) is 18.4 Å². The maximum atomic E-state index is 13.0. The zero-order chi connectivity index (χ0) is 12.3. The SMILES string of the molecule is O=C(Nc1ccc(F)c(Br)c1)[C@@H]1CCCNC1. The Morgan fingerprint density at radius 2 is 2.35 bits per heavy atom. The van der Waals surface area contributed by atoms with Crippen molar-refractivity contribution in [2.45, 2.75) is 12.8 Å². The van der Waals surface area contributed by atoms with Gasteiger partial charge in [-0.3, -0.25) is 4.79 Å². The molecule has 0 unspecified atom stereocenters. The molecule has 2 N–H and O–H groups in total. The smallest absolute Gasteiger partial charge is 0.228 e. The van der Waals surface area contributed by atoms with Crippen molar-refractivity contribution >= 4 is 27.5 Å². The largest absolute Gasteiger partial charge is 0.326 e. The monoisotopic (exact) mass is 300 g/mol. The molecule has 1 aromatic rings. The normalized spacial score (nSPS) is 20.0. The van der Waals surface area contributed by atoms with Crippen LogP contribution in [0.5, 0.6) is 0 Å². The highest BCUT2D eigenvalue weighted by atomic mass is 79.9. The molecule has 1 aliphatic heterocycles. The number of carbonyl (C=O) groups is 1. The van der Waals surface area contributed by atoms with Gasteiger partial charge in [0.15, 0.2) is 0 Å². The van der Waals surface area contributed by atoms with Crippen molar-refractivity contribution in [1.82, 2.24) is 5.32 Å². The quantitative estimate of drug-likeness (QED) is 0.881. The number of hydrogen-bond acceptors (Lipinski definition) is 2. The molecule has 3 nitrogen and oxygen atoms in total. The van der Waals surface area contributed by atoms with Gasteiger partial charge in [0, 0.05) is 12.2 Å². The first-order valence-electron chi connectivity index (χ1n) is 5.63. The molecule has 1 amide bonds. The van der Waals surface area contributed by atoms with E-state index in [1.807, 2.05) is 0 Å². The van der Waals surface area contributed by atoms with Gasteiger partial charge in [0.25, 0.3) is 0 Å². The van der Waals surface area contributed by atoms with Gasteiger partial charge in [-0.2, -0.15) is 0 Å². The number of amides is 1. The Morgan fingerprint density at radius 3 is 3.00 bits per heavy atom. The molecule has 1 aliphatic rings. The highest BCUT2D eigenvalue weighted by molar-refractivity contribution is 9.10. The summed E-state index contributed by atoms with van der Waals surface area (Å²) in [5.74, 6) is -0.328. The van der Waals surface area contributed by atoms with E-state index in [-0.39, 0.29) is 17.6 Å². The van der Waals surface area contributed by atoms with Crippen molar-refractivity contribution in [2.24, 2.45) is 5.92 Å². The van der Waals surface area contributed by atoms with Gasteiger partial charge in [-0.05, 0) is 53.5 Å². The van der Waals surface area contributed by atoms with Crippen molar-refractivity contribution in [1.29, 1.82) is 0 Å². The van der Waals surface area contributed by atoms with Gasteiger partial charge in [-0.1, -0.05) is 0 Å². The van der Waals surface area contributed by atoms with Crippen LogP contribution in [0.2, 0.25) is 0 Å². The van der Waals surface area contributed by atoms with Crippen molar-refractivity contribution in [3.8, 4) is 0 Å². The van der Waals surface area contributed by atoms with Gasteiger partial charge in [0.1, 0.15) is 5.82 Å². The van der Waals surface area contributed by atoms with E-state index in [0.717, 1.165) is 19.4 Å². The molecule has 1 heterocycles. The maximum absolute atomic E-state index is 13.0. The second-order valence-corrected chi connectivity index (χ2v) is 5.02.